The van der Waals surface area contributed by atoms with E-state index in [0.29, 0.717) is 17.2 Å². The second-order valence-electron chi connectivity index (χ2n) is 5.74. The fraction of sp³-hybridized carbons (Fsp3) is 0.588. The summed E-state index contributed by atoms with van der Waals surface area (Å²) in [4.78, 5) is 12.5. The number of benzene rings is 1. The van der Waals surface area contributed by atoms with E-state index in [4.69, 9.17) is 16.3 Å². The van der Waals surface area contributed by atoms with E-state index in [1.807, 2.05) is 12.1 Å². The molecule has 0 amide bonds. The molecule has 2 unspecified atom stereocenters. The highest BCUT2D eigenvalue weighted by Crippen LogP contribution is 2.33. The summed E-state index contributed by atoms with van der Waals surface area (Å²) in [5.41, 5.74) is 0.906. The van der Waals surface area contributed by atoms with E-state index < -0.39 is 0 Å². The Morgan fingerprint density at radius 3 is 2.90 bits per heavy atom. The van der Waals surface area contributed by atoms with Crippen molar-refractivity contribution in [3.8, 4) is 5.75 Å². The summed E-state index contributed by atoms with van der Waals surface area (Å²) in [7, 11) is 1.63. The van der Waals surface area contributed by atoms with Gasteiger partial charge in [-0.15, -0.1) is 0 Å². The monoisotopic (exact) mass is 294 g/mol. The molecule has 20 heavy (non-hydrogen) atoms. The molecule has 1 aromatic carbocycles. The van der Waals surface area contributed by atoms with Crippen LogP contribution in [0.2, 0.25) is 5.02 Å². The molecular weight excluding hydrogens is 272 g/mol. The molecule has 1 aromatic rings. The number of halogens is 1. The molecule has 0 aliphatic heterocycles. The fourth-order valence-corrected chi connectivity index (χ4v) is 3.37. The molecule has 2 atom stereocenters. The van der Waals surface area contributed by atoms with Gasteiger partial charge in [-0.1, -0.05) is 37.8 Å². The molecule has 0 saturated heterocycles. The third-order valence-corrected chi connectivity index (χ3v) is 4.66. The molecule has 1 aliphatic rings. The number of carbonyl (C=O) groups is 1. The van der Waals surface area contributed by atoms with Crippen molar-refractivity contribution in [2.75, 3.05) is 7.11 Å². The molecule has 0 N–H and O–H groups in total. The van der Waals surface area contributed by atoms with Gasteiger partial charge in [-0.25, -0.2) is 0 Å². The standard InChI is InChI=1S/C17H23ClO2/c1-3-12-5-4-6-13(9-12)16(19)11-14-10-15(18)7-8-17(14)20-2/h7-8,10,12-13H,3-6,9,11H2,1-2H3. The van der Waals surface area contributed by atoms with Crippen molar-refractivity contribution in [3.05, 3.63) is 28.8 Å². The van der Waals surface area contributed by atoms with E-state index in [0.717, 1.165) is 30.1 Å². The van der Waals surface area contributed by atoms with Gasteiger partial charge < -0.3 is 4.74 Å². The first kappa shape index (κ1) is 15.4. The summed E-state index contributed by atoms with van der Waals surface area (Å²) in [6, 6.07) is 5.47. The Kier molecular flexibility index (Phi) is 5.47. The number of Topliss-reactive ketones (excluding diaryl/α,β-unsaturated/α-hetero) is 1. The molecule has 0 aromatic heterocycles. The van der Waals surface area contributed by atoms with Crippen LogP contribution in [-0.4, -0.2) is 12.9 Å². The number of hydrogen-bond acceptors (Lipinski definition) is 2. The van der Waals surface area contributed by atoms with Gasteiger partial charge in [-0.3, -0.25) is 4.79 Å². The van der Waals surface area contributed by atoms with Gasteiger partial charge in [0, 0.05) is 22.9 Å². The first-order valence-corrected chi connectivity index (χ1v) is 7.87. The van der Waals surface area contributed by atoms with E-state index in [9.17, 15) is 4.79 Å². The van der Waals surface area contributed by atoms with Gasteiger partial charge in [0.25, 0.3) is 0 Å². The SMILES string of the molecule is CCC1CCCC(C(=O)Cc2cc(Cl)ccc2OC)C1. The lowest BCUT2D eigenvalue weighted by Crippen LogP contribution is -2.24. The summed E-state index contributed by atoms with van der Waals surface area (Å²) in [6.45, 7) is 2.22. The maximum absolute atomic E-state index is 12.5. The van der Waals surface area contributed by atoms with Crippen LogP contribution in [0.5, 0.6) is 5.75 Å². The molecule has 110 valence electrons. The zero-order valence-corrected chi connectivity index (χ0v) is 13.1. The third-order valence-electron chi connectivity index (χ3n) is 4.42. The smallest absolute Gasteiger partial charge is 0.140 e. The minimum Gasteiger partial charge on any atom is -0.496 e. The molecule has 2 nitrogen and oxygen atoms in total. The van der Waals surface area contributed by atoms with Crippen molar-refractivity contribution < 1.29 is 9.53 Å². The fourth-order valence-electron chi connectivity index (χ4n) is 3.17. The van der Waals surface area contributed by atoms with Crippen molar-refractivity contribution in [3.63, 3.8) is 0 Å². The van der Waals surface area contributed by atoms with Crippen LogP contribution >= 0.6 is 11.6 Å². The van der Waals surface area contributed by atoms with Gasteiger partial charge in [-0.05, 0) is 37.0 Å². The molecule has 1 saturated carbocycles. The number of rotatable bonds is 5. The molecule has 2 rings (SSSR count). The van der Waals surface area contributed by atoms with Crippen LogP contribution in [-0.2, 0) is 11.2 Å². The highest BCUT2D eigenvalue weighted by Gasteiger charge is 2.26. The highest BCUT2D eigenvalue weighted by atomic mass is 35.5. The van der Waals surface area contributed by atoms with Crippen molar-refractivity contribution in [1.82, 2.24) is 0 Å². The Labute approximate surface area is 126 Å². The molecule has 1 aliphatic carbocycles. The number of methoxy groups -OCH3 is 1. The number of ether oxygens (including phenoxy) is 1. The normalized spacial score (nSPS) is 22.6. The zero-order valence-electron chi connectivity index (χ0n) is 12.3. The topological polar surface area (TPSA) is 26.3 Å². The van der Waals surface area contributed by atoms with Crippen molar-refractivity contribution in [2.45, 2.75) is 45.4 Å². The number of hydrogen-bond donors (Lipinski definition) is 0. The molecule has 0 bridgehead atoms. The van der Waals surface area contributed by atoms with Gasteiger partial charge in [0.15, 0.2) is 0 Å². The molecule has 0 spiro atoms. The quantitative estimate of drug-likeness (QED) is 0.788. The second-order valence-corrected chi connectivity index (χ2v) is 6.17. The first-order valence-electron chi connectivity index (χ1n) is 7.49. The van der Waals surface area contributed by atoms with E-state index in [1.165, 1.54) is 19.3 Å². The number of ketones is 1. The van der Waals surface area contributed by atoms with Crippen LogP contribution in [0, 0.1) is 11.8 Å². The van der Waals surface area contributed by atoms with Crippen molar-refractivity contribution >= 4 is 17.4 Å². The maximum atomic E-state index is 12.5. The predicted octanol–water partition coefficient (Wildman–Crippen LogP) is 4.68. The lowest BCUT2D eigenvalue weighted by atomic mass is 9.77. The second kappa shape index (κ2) is 7.12. The molecule has 0 radical (unpaired) electrons. The number of carbonyl (C=O) groups excluding carboxylic acids is 1. The third kappa shape index (κ3) is 3.76. The minimum atomic E-state index is 0.220. The van der Waals surface area contributed by atoms with E-state index in [2.05, 4.69) is 6.92 Å². The lowest BCUT2D eigenvalue weighted by Gasteiger charge is -2.27. The Hall–Kier alpha value is -1.02. The predicted molar refractivity (Wildman–Crippen MR) is 82.5 cm³/mol. The largest absolute Gasteiger partial charge is 0.496 e. The first-order chi connectivity index (χ1) is 9.63. The van der Waals surface area contributed by atoms with Crippen LogP contribution in [0.3, 0.4) is 0 Å². The van der Waals surface area contributed by atoms with Gasteiger partial charge in [-0.2, -0.15) is 0 Å². The van der Waals surface area contributed by atoms with E-state index in [-0.39, 0.29) is 5.92 Å². The molecular formula is C17H23ClO2. The van der Waals surface area contributed by atoms with E-state index in [1.54, 1.807) is 13.2 Å². The Bertz CT molecular complexity index is 470. The summed E-state index contributed by atoms with van der Waals surface area (Å²) >= 11 is 6.02. The van der Waals surface area contributed by atoms with Crippen LogP contribution in [0.1, 0.15) is 44.6 Å². The van der Waals surface area contributed by atoms with Gasteiger partial charge >= 0.3 is 0 Å². The summed E-state index contributed by atoms with van der Waals surface area (Å²) in [6.07, 6.45) is 6.17. The average molecular weight is 295 g/mol. The molecule has 3 heteroatoms. The minimum absolute atomic E-state index is 0.220. The van der Waals surface area contributed by atoms with Crippen LogP contribution in [0.15, 0.2) is 18.2 Å². The van der Waals surface area contributed by atoms with Crippen LogP contribution < -0.4 is 4.74 Å². The highest BCUT2D eigenvalue weighted by molar-refractivity contribution is 6.30. The molecule has 0 heterocycles. The van der Waals surface area contributed by atoms with Crippen LogP contribution in [0.4, 0.5) is 0 Å². The summed E-state index contributed by atoms with van der Waals surface area (Å²) < 4.78 is 5.32. The van der Waals surface area contributed by atoms with Gasteiger partial charge in [0.1, 0.15) is 11.5 Å². The summed E-state index contributed by atoms with van der Waals surface area (Å²) in [5.74, 6) is 2.03. The van der Waals surface area contributed by atoms with Crippen molar-refractivity contribution in [1.29, 1.82) is 0 Å². The molecule has 1 fully saturated rings. The average Bonchev–Trinajstić information content (AvgIpc) is 2.47. The van der Waals surface area contributed by atoms with Crippen molar-refractivity contribution in [2.24, 2.45) is 11.8 Å². The maximum Gasteiger partial charge on any atom is 0.140 e. The van der Waals surface area contributed by atoms with Gasteiger partial charge in [0.05, 0.1) is 7.11 Å². The Balaban J connectivity index is 2.05. The van der Waals surface area contributed by atoms with E-state index >= 15 is 0 Å². The lowest BCUT2D eigenvalue weighted by molar-refractivity contribution is -0.123. The summed E-state index contributed by atoms with van der Waals surface area (Å²) in [5, 5.41) is 0.656. The van der Waals surface area contributed by atoms with Gasteiger partial charge in [0.2, 0.25) is 0 Å². The Morgan fingerprint density at radius 1 is 1.40 bits per heavy atom. The zero-order chi connectivity index (χ0) is 14.5. The van der Waals surface area contributed by atoms with Crippen LogP contribution in [0.25, 0.3) is 0 Å². The Morgan fingerprint density at radius 2 is 2.20 bits per heavy atom.